The van der Waals surface area contributed by atoms with Gasteiger partial charge >= 0.3 is 0 Å². The molecule has 164 valence electrons. The third-order valence-electron chi connectivity index (χ3n) is 6.19. The van der Waals surface area contributed by atoms with Crippen molar-refractivity contribution in [1.82, 2.24) is 9.38 Å². The Bertz CT molecular complexity index is 1700. The predicted molar refractivity (Wildman–Crippen MR) is 134 cm³/mol. The van der Waals surface area contributed by atoms with Crippen LogP contribution in [0, 0.1) is 10.1 Å². The summed E-state index contributed by atoms with van der Waals surface area (Å²) in [5, 5.41) is 13.3. The lowest BCUT2D eigenvalue weighted by molar-refractivity contribution is -0.384. The third-order valence-corrected chi connectivity index (χ3v) is 6.19. The van der Waals surface area contributed by atoms with Gasteiger partial charge in [0.05, 0.1) is 28.8 Å². The topological polar surface area (TPSA) is 69.7 Å². The van der Waals surface area contributed by atoms with Crippen LogP contribution in [0.3, 0.4) is 0 Å². The number of hydrogen-bond acceptors (Lipinski definition) is 4. The first-order valence-electron chi connectivity index (χ1n) is 10.9. The Morgan fingerprint density at radius 2 is 1.53 bits per heavy atom. The zero-order valence-corrected chi connectivity index (χ0v) is 18.3. The van der Waals surface area contributed by atoms with Crippen molar-refractivity contribution < 1.29 is 9.66 Å². The molecule has 0 atom stereocenters. The summed E-state index contributed by atoms with van der Waals surface area (Å²) in [6.07, 6.45) is 2.07. The molecule has 0 aliphatic carbocycles. The fraction of sp³-hybridized carbons (Fsp3) is 0.0357. The molecule has 0 radical (unpaired) electrons. The zero-order valence-electron chi connectivity index (χ0n) is 18.3. The number of hydrogen-bond donors (Lipinski definition) is 0. The molecule has 0 saturated carbocycles. The summed E-state index contributed by atoms with van der Waals surface area (Å²) >= 11 is 0. The number of nitro benzene ring substituents is 1. The highest BCUT2D eigenvalue weighted by Crippen LogP contribution is 2.36. The minimum absolute atomic E-state index is 0.0775. The molecule has 0 bridgehead atoms. The second-order valence-electron chi connectivity index (χ2n) is 8.13. The SMILES string of the molecule is COc1ccc(-c2nc3ccccc3c3cc4ccc(-c5ccc([N+](=O)[O-])cc5)cn4c23)cc1. The maximum Gasteiger partial charge on any atom is 0.269 e. The van der Waals surface area contributed by atoms with E-state index in [0.29, 0.717) is 0 Å². The molecule has 0 spiro atoms. The fourth-order valence-electron chi connectivity index (χ4n) is 4.49. The summed E-state index contributed by atoms with van der Waals surface area (Å²) in [5.74, 6) is 0.793. The Morgan fingerprint density at radius 1 is 0.824 bits per heavy atom. The molecular formula is C28H19N3O3. The van der Waals surface area contributed by atoms with Crippen molar-refractivity contribution in [2.24, 2.45) is 0 Å². The summed E-state index contributed by atoms with van der Waals surface area (Å²) in [5.41, 5.74) is 6.84. The lowest BCUT2D eigenvalue weighted by atomic mass is 10.0. The van der Waals surface area contributed by atoms with E-state index in [-0.39, 0.29) is 10.6 Å². The molecular weight excluding hydrogens is 426 g/mol. The van der Waals surface area contributed by atoms with Crippen LogP contribution in [0.5, 0.6) is 5.75 Å². The predicted octanol–water partition coefficient (Wildman–Crippen LogP) is 6.89. The van der Waals surface area contributed by atoms with E-state index in [2.05, 4.69) is 28.8 Å². The minimum Gasteiger partial charge on any atom is -0.497 e. The summed E-state index contributed by atoms with van der Waals surface area (Å²) in [6.45, 7) is 0. The third kappa shape index (κ3) is 3.16. The molecule has 3 heterocycles. The molecule has 0 aliphatic heterocycles. The molecule has 0 fully saturated rings. The van der Waals surface area contributed by atoms with Gasteiger partial charge in [0, 0.05) is 40.2 Å². The van der Waals surface area contributed by atoms with E-state index >= 15 is 0 Å². The van der Waals surface area contributed by atoms with Crippen LogP contribution < -0.4 is 4.74 Å². The second-order valence-corrected chi connectivity index (χ2v) is 8.13. The largest absolute Gasteiger partial charge is 0.497 e. The summed E-state index contributed by atoms with van der Waals surface area (Å²) in [6, 6.07) is 29.0. The number of benzene rings is 3. The van der Waals surface area contributed by atoms with Crippen LogP contribution in [0.2, 0.25) is 0 Å². The average Bonchev–Trinajstić information content (AvgIpc) is 3.27. The highest BCUT2D eigenvalue weighted by molar-refractivity contribution is 6.12. The molecule has 3 aromatic heterocycles. The van der Waals surface area contributed by atoms with Crippen LogP contribution in [0.1, 0.15) is 0 Å². The Labute approximate surface area is 194 Å². The van der Waals surface area contributed by atoms with Crippen molar-refractivity contribution in [3.05, 3.63) is 107 Å². The van der Waals surface area contributed by atoms with Gasteiger partial charge in [0.15, 0.2) is 0 Å². The quantitative estimate of drug-likeness (QED) is 0.219. The van der Waals surface area contributed by atoms with Crippen molar-refractivity contribution in [3.8, 4) is 28.1 Å². The van der Waals surface area contributed by atoms with Gasteiger partial charge < -0.3 is 9.14 Å². The average molecular weight is 445 g/mol. The number of non-ortho nitro benzene ring substituents is 1. The Hall–Kier alpha value is -4.71. The first-order chi connectivity index (χ1) is 16.6. The maximum atomic E-state index is 11.0. The molecule has 6 nitrogen and oxygen atoms in total. The molecule has 0 amide bonds. The van der Waals surface area contributed by atoms with Crippen molar-refractivity contribution in [2.75, 3.05) is 7.11 Å². The maximum absolute atomic E-state index is 11.0. The van der Waals surface area contributed by atoms with Crippen LogP contribution in [0.25, 0.3) is 49.7 Å². The van der Waals surface area contributed by atoms with Crippen LogP contribution in [-0.4, -0.2) is 21.4 Å². The molecule has 0 saturated heterocycles. The Kier molecular flexibility index (Phi) is 4.52. The molecule has 0 N–H and O–H groups in total. The monoisotopic (exact) mass is 445 g/mol. The zero-order chi connectivity index (χ0) is 23.2. The van der Waals surface area contributed by atoms with Gasteiger partial charge in [-0.2, -0.15) is 0 Å². The molecule has 0 aliphatic rings. The smallest absolute Gasteiger partial charge is 0.269 e. The van der Waals surface area contributed by atoms with Crippen LogP contribution in [0.15, 0.2) is 97.2 Å². The van der Waals surface area contributed by atoms with Gasteiger partial charge in [-0.05, 0) is 65.7 Å². The van der Waals surface area contributed by atoms with Gasteiger partial charge in [0.1, 0.15) is 5.75 Å². The molecule has 6 aromatic rings. The van der Waals surface area contributed by atoms with Gasteiger partial charge in [-0.3, -0.25) is 10.1 Å². The minimum atomic E-state index is -0.385. The van der Waals surface area contributed by atoms with Crippen molar-refractivity contribution in [2.45, 2.75) is 0 Å². The van der Waals surface area contributed by atoms with Gasteiger partial charge in [0.25, 0.3) is 5.69 Å². The Morgan fingerprint density at radius 3 is 2.26 bits per heavy atom. The van der Waals surface area contributed by atoms with E-state index in [1.807, 2.05) is 48.5 Å². The van der Waals surface area contributed by atoms with Gasteiger partial charge in [-0.15, -0.1) is 0 Å². The van der Waals surface area contributed by atoms with E-state index in [4.69, 9.17) is 9.72 Å². The van der Waals surface area contributed by atoms with E-state index in [0.717, 1.165) is 55.5 Å². The van der Waals surface area contributed by atoms with Crippen molar-refractivity contribution in [1.29, 1.82) is 0 Å². The highest BCUT2D eigenvalue weighted by atomic mass is 16.6. The van der Waals surface area contributed by atoms with Crippen LogP contribution in [0.4, 0.5) is 5.69 Å². The number of nitrogens with zero attached hydrogens (tertiary/aromatic N) is 3. The first kappa shape index (κ1) is 19.9. The van der Waals surface area contributed by atoms with Gasteiger partial charge in [0.2, 0.25) is 0 Å². The number of fused-ring (bicyclic) bond motifs is 5. The highest BCUT2D eigenvalue weighted by Gasteiger charge is 2.16. The summed E-state index contributed by atoms with van der Waals surface area (Å²) in [4.78, 5) is 15.7. The van der Waals surface area contributed by atoms with E-state index in [1.54, 1.807) is 19.2 Å². The number of nitro groups is 1. The van der Waals surface area contributed by atoms with Crippen molar-refractivity contribution in [3.63, 3.8) is 0 Å². The molecule has 0 unspecified atom stereocenters. The first-order valence-corrected chi connectivity index (χ1v) is 10.9. The summed E-state index contributed by atoms with van der Waals surface area (Å²) in [7, 11) is 1.65. The van der Waals surface area contributed by atoms with Crippen molar-refractivity contribution >= 4 is 33.0 Å². The molecule has 34 heavy (non-hydrogen) atoms. The van der Waals surface area contributed by atoms with Crippen LogP contribution >= 0.6 is 0 Å². The fourth-order valence-corrected chi connectivity index (χ4v) is 4.49. The lowest BCUT2D eigenvalue weighted by Gasteiger charge is -2.10. The lowest BCUT2D eigenvalue weighted by Crippen LogP contribution is -1.93. The van der Waals surface area contributed by atoms with Gasteiger partial charge in [-0.25, -0.2) is 4.98 Å². The van der Waals surface area contributed by atoms with Crippen LogP contribution in [-0.2, 0) is 0 Å². The number of methoxy groups -OCH3 is 1. The Balaban J connectivity index is 1.63. The number of aromatic nitrogens is 2. The van der Waals surface area contributed by atoms with E-state index in [9.17, 15) is 10.1 Å². The van der Waals surface area contributed by atoms with E-state index in [1.165, 1.54) is 12.1 Å². The summed E-state index contributed by atoms with van der Waals surface area (Å²) < 4.78 is 7.50. The number of para-hydroxylation sites is 1. The second kappa shape index (κ2) is 7.71. The molecule has 3 aromatic carbocycles. The molecule has 6 rings (SSSR count). The van der Waals surface area contributed by atoms with E-state index < -0.39 is 0 Å². The number of pyridine rings is 2. The normalized spacial score (nSPS) is 11.3. The molecule has 6 heteroatoms. The number of rotatable bonds is 4. The number of ether oxygens (including phenoxy) is 1. The standard InChI is InChI=1S/C28H19N3O3/c1-34-23-14-9-19(10-15-23)27-28-25(24-4-2-3-5-26(24)29-27)16-22-13-8-20(17-30(22)28)18-6-11-21(12-7-18)31(32)33/h2-17H,1H3. The van der Waals surface area contributed by atoms with Gasteiger partial charge in [-0.1, -0.05) is 24.3 Å².